The van der Waals surface area contributed by atoms with E-state index < -0.39 is 0 Å². The zero-order valence-electron chi connectivity index (χ0n) is 17.9. The summed E-state index contributed by atoms with van der Waals surface area (Å²) in [4.78, 5) is 18.7. The van der Waals surface area contributed by atoms with E-state index in [-0.39, 0.29) is 5.91 Å². The molecule has 160 valence electrons. The number of likely N-dealkylation sites (tertiary alicyclic amines) is 1. The van der Waals surface area contributed by atoms with Crippen LogP contribution < -0.4 is 15.4 Å². The number of hydrogen-bond donors (Lipinski definition) is 2. The molecule has 0 aliphatic carbocycles. The number of benzene rings is 2. The Bertz CT molecular complexity index is 838. The molecule has 1 aliphatic rings. The van der Waals surface area contributed by atoms with Crippen LogP contribution in [0.2, 0.25) is 0 Å². The van der Waals surface area contributed by atoms with Crippen LogP contribution >= 0.6 is 0 Å². The predicted octanol–water partition coefficient (Wildman–Crippen LogP) is 2.84. The topological polar surface area (TPSA) is 66.0 Å². The molecular formula is C24H32N4O2. The molecule has 1 saturated heterocycles. The van der Waals surface area contributed by atoms with Crippen molar-refractivity contribution in [2.24, 2.45) is 10.9 Å². The van der Waals surface area contributed by atoms with Crippen molar-refractivity contribution < 1.29 is 9.53 Å². The Kier molecular flexibility index (Phi) is 8.12. The summed E-state index contributed by atoms with van der Waals surface area (Å²) in [7, 11) is 1.76. The Morgan fingerprint density at radius 1 is 1.13 bits per heavy atom. The zero-order valence-corrected chi connectivity index (χ0v) is 17.9. The number of nitrogens with one attached hydrogen (secondary N) is 2. The average molecular weight is 409 g/mol. The molecule has 3 rings (SSSR count). The molecule has 30 heavy (non-hydrogen) atoms. The number of amides is 1. The van der Waals surface area contributed by atoms with Gasteiger partial charge in [0.1, 0.15) is 5.75 Å². The summed E-state index contributed by atoms with van der Waals surface area (Å²) in [6, 6.07) is 18.3. The average Bonchev–Trinajstić information content (AvgIpc) is 3.13. The largest absolute Gasteiger partial charge is 0.494 e. The van der Waals surface area contributed by atoms with Gasteiger partial charge in [0.05, 0.1) is 6.61 Å². The first-order valence-electron chi connectivity index (χ1n) is 10.7. The van der Waals surface area contributed by atoms with E-state index >= 15 is 0 Å². The fourth-order valence-corrected chi connectivity index (χ4v) is 3.70. The van der Waals surface area contributed by atoms with Gasteiger partial charge in [-0.05, 0) is 25.0 Å². The van der Waals surface area contributed by atoms with Crippen LogP contribution in [0.5, 0.6) is 5.75 Å². The van der Waals surface area contributed by atoms with Crippen LogP contribution in [0.4, 0.5) is 0 Å². The predicted molar refractivity (Wildman–Crippen MR) is 121 cm³/mol. The summed E-state index contributed by atoms with van der Waals surface area (Å²) in [6.07, 6.45) is 1.49. The molecular weight excluding hydrogens is 376 g/mol. The molecule has 0 radical (unpaired) electrons. The Hall–Kier alpha value is -3.02. The highest BCUT2D eigenvalue weighted by Gasteiger charge is 2.29. The summed E-state index contributed by atoms with van der Waals surface area (Å²) in [5.41, 5.74) is 2.36. The van der Waals surface area contributed by atoms with Crippen molar-refractivity contribution >= 4 is 11.9 Å². The second kappa shape index (κ2) is 11.2. The lowest BCUT2D eigenvalue weighted by Gasteiger charge is -2.18. The van der Waals surface area contributed by atoms with E-state index in [9.17, 15) is 4.79 Å². The molecule has 0 saturated carbocycles. The summed E-state index contributed by atoms with van der Waals surface area (Å²) in [5, 5.41) is 6.71. The van der Waals surface area contributed by atoms with E-state index in [1.54, 1.807) is 7.05 Å². The molecule has 2 aromatic rings. The van der Waals surface area contributed by atoms with Crippen LogP contribution in [-0.2, 0) is 17.8 Å². The second-order valence-corrected chi connectivity index (χ2v) is 7.49. The lowest BCUT2D eigenvalue weighted by Crippen LogP contribution is -2.40. The number of ether oxygens (including phenoxy) is 1. The van der Waals surface area contributed by atoms with Crippen LogP contribution in [-0.4, -0.2) is 50.1 Å². The number of rotatable bonds is 9. The van der Waals surface area contributed by atoms with Crippen LogP contribution in [0.25, 0.3) is 0 Å². The molecule has 2 aromatic carbocycles. The van der Waals surface area contributed by atoms with Gasteiger partial charge in [-0.3, -0.25) is 9.79 Å². The van der Waals surface area contributed by atoms with Gasteiger partial charge in [0.15, 0.2) is 5.96 Å². The van der Waals surface area contributed by atoms with Crippen LogP contribution in [0.1, 0.15) is 24.5 Å². The first-order valence-corrected chi connectivity index (χ1v) is 10.7. The van der Waals surface area contributed by atoms with E-state index in [4.69, 9.17) is 4.74 Å². The number of hydrogen-bond acceptors (Lipinski definition) is 3. The third-order valence-electron chi connectivity index (χ3n) is 5.31. The van der Waals surface area contributed by atoms with Gasteiger partial charge < -0.3 is 20.3 Å². The Balaban J connectivity index is 1.43. The number of guanidine groups is 1. The van der Waals surface area contributed by atoms with Gasteiger partial charge in [-0.25, -0.2) is 0 Å². The monoisotopic (exact) mass is 408 g/mol. The lowest BCUT2D eigenvalue weighted by atomic mass is 10.1. The molecule has 1 atom stereocenters. The molecule has 0 spiro atoms. The van der Waals surface area contributed by atoms with Crippen molar-refractivity contribution in [1.29, 1.82) is 0 Å². The summed E-state index contributed by atoms with van der Waals surface area (Å²) in [6.45, 7) is 5.55. The molecule has 1 heterocycles. The fraction of sp³-hybridized carbons (Fsp3) is 0.417. The molecule has 2 N–H and O–H groups in total. The lowest BCUT2D eigenvalue weighted by molar-refractivity contribution is -0.127. The quantitative estimate of drug-likeness (QED) is 0.495. The molecule has 1 unspecified atom stereocenters. The maximum absolute atomic E-state index is 12.4. The molecule has 1 amide bonds. The highest BCUT2D eigenvalue weighted by atomic mass is 16.5. The van der Waals surface area contributed by atoms with Gasteiger partial charge in [0, 0.05) is 51.1 Å². The minimum atomic E-state index is 0.242. The highest BCUT2D eigenvalue weighted by molar-refractivity contribution is 5.81. The third-order valence-corrected chi connectivity index (χ3v) is 5.31. The van der Waals surface area contributed by atoms with E-state index in [1.807, 2.05) is 54.3 Å². The summed E-state index contributed by atoms with van der Waals surface area (Å²) < 4.78 is 5.68. The zero-order chi connectivity index (χ0) is 21.2. The first-order chi connectivity index (χ1) is 14.7. The Morgan fingerprint density at radius 2 is 1.90 bits per heavy atom. The molecule has 0 aromatic heterocycles. The molecule has 1 fully saturated rings. The minimum absolute atomic E-state index is 0.242. The number of para-hydroxylation sites is 1. The highest BCUT2D eigenvalue weighted by Crippen LogP contribution is 2.19. The van der Waals surface area contributed by atoms with Crippen molar-refractivity contribution in [2.45, 2.75) is 26.3 Å². The molecule has 1 aliphatic heterocycles. The normalized spacial score (nSPS) is 16.6. The standard InChI is InChI=1S/C24H32N4O2/c1-3-30-22-12-8-7-11-21(22)17-27-24(25-2)26-16-20-15-23(29)28(18-20)14-13-19-9-5-4-6-10-19/h4-12,20H,3,13-18H2,1-2H3,(H2,25,26,27). The maximum Gasteiger partial charge on any atom is 0.223 e. The van der Waals surface area contributed by atoms with Gasteiger partial charge >= 0.3 is 0 Å². The summed E-state index contributed by atoms with van der Waals surface area (Å²) >= 11 is 0. The molecule has 6 heteroatoms. The maximum atomic E-state index is 12.4. The second-order valence-electron chi connectivity index (χ2n) is 7.49. The number of aliphatic imine (C=N–C) groups is 1. The molecule has 6 nitrogen and oxygen atoms in total. The van der Waals surface area contributed by atoms with Gasteiger partial charge in [-0.15, -0.1) is 0 Å². The van der Waals surface area contributed by atoms with E-state index in [2.05, 4.69) is 27.8 Å². The van der Waals surface area contributed by atoms with E-state index in [0.717, 1.165) is 43.3 Å². The van der Waals surface area contributed by atoms with Gasteiger partial charge in [0.25, 0.3) is 0 Å². The van der Waals surface area contributed by atoms with Crippen molar-refractivity contribution in [2.75, 3.05) is 33.3 Å². The van der Waals surface area contributed by atoms with Crippen molar-refractivity contribution in [3.63, 3.8) is 0 Å². The van der Waals surface area contributed by atoms with E-state index in [1.165, 1.54) is 5.56 Å². The Morgan fingerprint density at radius 3 is 2.67 bits per heavy atom. The summed E-state index contributed by atoms with van der Waals surface area (Å²) in [5.74, 6) is 2.16. The van der Waals surface area contributed by atoms with E-state index in [0.29, 0.717) is 25.5 Å². The van der Waals surface area contributed by atoms with Gasteiger partial charge in [-0.1, -0.05) is 48.5 Å². The van der Waals surface area contributed by atoms with Crippen LogP contribution in [0.3, 0.4) is 0 Å². The fourth-order valence-electron chi connectivity index (χ4n) is 3.70. The number of nitrogens with zero attached hydrogens (tertiary/aromatic N) is 2. The van der Waals surface area contributed by atoms with Crippen molar-refractivity contribution in [1.82, 2.24) is 15.5 Å². The minimum Gasteiger partial charge on any atom is -0.494 e. The number of carbonyl (C=O) groups excluding carboxylic acids is 1. The number of carbonyl (C=O) groups is 1. The van der Waals surface area contributed by atoms with Gasteiger partial charge in [-0.2, -0.15) is 0 Å². The van der Waals surface area contributed by atoms with Crippen LogP contribution in [0, 0.1) is 5.92 Å². The SMILES string of the molecule is CCOc1ccccc1CNC(=NC)NCC1CC(=O)N(CCc2ccccc2)C1. The van der Waals surface area contributed by atoms with Crippen molar-refractivity contribution in [3.05, 3.63) is 65.7 Å². The van der Waals surface area contributed by atoms with Crippen LogP contribution in [0.15, 0.2) is 59.6 Å². The van der Waals surface area contributed by atoms with Crippen molar-refractivity contribution in [3.8, 4) is 5.75 Å². The molecule has 0 bridgehead atoms. The Labute approximate surface area is 179 Å². The first kappa shape index (κ1) is 21.7. The van der Waals surface area contributed by atoms with Gasteiger partial charge in [0.2, 0.25) is 5.91 Å². The third kappa shape index (κ3) is 6.24. The smallest absolute Gasteiger partial charge is 0.223 e.